The Morgan fingerprint density at radius 2 is 2.06 bits per heavy atom. The van der Waals surface area contributed by atoms with Crippen molar-refractivity contribution in [2.45, 2.75) is 20.3 Å². The fraction of sp³-hybridized carbons (Fsp3) is 0.231. The van der Waals surface area contributed by atoms with Crippen molar-refractivity contribution in [3.05, 3.63) is 47.5 Å². The molecular formula is C13H15N3O. The number of anilines is 1. The SMILES string of the molecule is CCc1ccc(NC(=O)c2nc[nH]c2C)cc1. The number of hydrogen-bond acceptors (Lipinski definition) is 2. The van der Waals surface area contributed by atoms with E-state index in [1.807, 2.05) is 31.2 Å². The molecule has 0 spiro atoms. The van der Waals surface area contributed by atoms with Crippen LogP contribution in [0.25, 0.3) is 0 Å². The van der Waals surface area contributed by atoms with Gasteiger partial charge in [-0.25, -0.2) is 4.98 Å². The number of nitrogens with zero attached hydrogens (tertiary/aromatic N) is 1. The second kappa shape index (κ2) is 4.82. The van der Waals surface area contributed by atoms with Crippen molar-refractivity contribution in [2.75, 3.05) is 5.32 Å². The fourth-order valence-electron chi connectivity index (χ4n) is 1.60. The van der Waals surface area contributed by atoms with Crippen molar-refractivity contribution >= 4 is 11.6 Å². The van der Waals surface area contributed by atoms with E-state index in [0.29, 0.717) is 5.69 Å². The summed E-state index contributed by atoms with van der Waals surface area (Å²) in [7, 11) is 0. The Morgan fingerprint density at radius 1 is 1.35 bits per heavy atom. The van der Waals surface area contributed by atoms with Gasteiger partial charge >= 0.3 is 0 Å². The molecule has 2 N–H and O–H groups in total. The van der Waals surface area contributed by atoms with E-state index in [1.165, 1.54) is 11.9 Å². The number of nitrogens with one attached hydrogen (secondary N) is 2. The van der Waals surface area contributed by atoms with E-state index in [0.717, 1.165) is 17.8 Å². The largest absolute Gasteiger partial charge is 0.348 e. The molecule has 1 amide bonds. The number of H-pyrrole nitrogens is 1. The molecule has 0 aliphatic heterocycles. The summed E-state index contributed by atoms with van der Waals surface area (Å²) < 4.78 is 0. The third-order valence-corrected chi connectivity index (χ3v) is 2.67. The summed E-state index contributed by atoms with van der Waals surface area (Å²) in [6, 6.07) is 7.82. The van der Waals surface area contributed by atoms with Crippen LogP contribution in [0.2, 0.25) is 0 Å². The highest BCUT2D eigenvalue weighted by Gasteiger charge is 2.11. The van der Waals surface area contributed by atoms with Gasteiger partial charge in [-0.3, -0.25) is 4.79 Å². The van der Waals surface area contributed by atoms with Crippen LogP contribution in [0.3, 0.4) is 0 Å². The van der Waals surface area contributed by atoms with Gasteiger partial charge < -0.3 is 10.3 Å². The molecule has 0 radical (unpaired) electrons. The molecule has 0 fully saturated rings. The van der Waals surface area contributed by atoms with Gasteiger partial charge in [0.25, 0.3) is 5.91 Å². The molecule has 0 bridgehead atoms. The quantitative estimate of drug-likeness (QED) is 0.849. The first-order valence-electron chi connectivity index (χ1n) is 5.61. The molecule has 0 saturated carbocycles. The van der Waals surface area contributed by atoms with E-state index in [9.17, 15) is 4.79 Å². The normalized spacial score (nSPS) is 10.2. The number of aryl methyl sites for hydroxylation is 2. The molecule has 1 heterocycles. The summed E-state index contributed by atoms with van der Waals surface area (Å²) in [6.07, 6.45) is 2.51. The summed E-state index contributed by atoms with van der Waals surface area (Å²) in [5.74, 6) is -0.187. The maximum Gasteiger partial charge on any atom is 0.276 e. The van der Waals surface area contributed by atoms with Gasteiger partial charge in [-0.1, -0.05) is 19.1 Å². The van der Waals surface area contributed by atoms with Gasteiger partial charge in [0.1, 0.15) is 5.69 Å². The Labute approximate surface area is 100 Å². The Morgan fingerprint density at radius 3 is 2.59 bits per heavy atom. The van der Waals surface area contributed by atoms with Crippen molar-refractivity contribution in [1.29, 1.82) is 0 Å². The molecule has 0 aliphatic rings. The molecule has 1 aromatic heterocycles. The smallest absolute Gasteiger partial charge is 0.276 e. The molecule has 2 aromatic rings. The highest BCUT2D eigenvalue weighted by Crippen LogP contribution is 2.11. The van der Waals surface area contributed by atoms with Gasteiger partial charge in [0.05, 0.1) is 6.33 Å². The van der Waals surface area contributed by atoms with E-state index in [2.05, 4.69) is 22.2 Å². The molecule has 4 heteroatoms. The van der Waals surface area contributed by atoms with Crippen LogP contribution in [0, 0.1) is 6.92 Å². The lowest BCUT2D eigenvalue weighted by molar-refractivity contribution is 0.102. The van der Waals surface area contributed by atoms with Gasteiger partial charge in [0.15, 0.2) is 0 Å². The maximum absolute atomic E-state index is 11.9. The number of amides is 1. The van der Waals surface area contributed by atoms with Crippen molar-refractivity contribution < 1.29 is 4.79 Å². The molecule has 0 atom stereocenters. The highest BCUT2D eigenvalue weighted by atomic mass is 16.1. The zero-order valence-corrected chi connectivity index (χ0v) is 9.95. The first-order chi connectivity index (χ1) is 8.20. The minimum Gasteiger partial charge on any atom is -0.348 e. The second-order valence-corrected chi connectivity index (χ2v) is 3.88. The Bertz CT molecular complexity index is 514. The Balaban J connectivity index is 2.10. The van der Waals surface area contributed by atoms with Crippen molar-refractivity contribution in [2.24, 2.45) is 0 Å². The average Bonchev–Trinajstić information content (AvgIpc) is 2.76. The molecular weight excluding hydrogens is 214 g/mol. The van der Waals surface area contributed by atoms with Gasteiger partial charge in [-0.15, -0.1) is 0 Å². The lowest BCUT2D eigenvalue weighted by atomic mass is 10.1. The van der Waals surface area contributed by atoms with Crippen molar-refractivity contribution in [3.8, 4) is 0 Å². The third kappa shape index (κ3) is 2.53. The van der Waals surface area contributed by atoms with E-state index in [-0.39, 0.29) is 5.91 Å². The Hall–Kier alpha value is -2.10. The van der Waals surface area contributed by atoms with E-state index < -0.39 is 0 Å². The van der Waals surface area contributed by atoms with Crippen LogP contribution >= 0.6 is 0 Å². The van der Waals surface area contributed by atoms with Crippen LogP contribution in [0.15, 0.2) is 30.6 Å². The molecule has 0 unspecified atom stereocenters. The summed E-state index contributed by atoms with van der Waals surface area (Å²) in [6.45, 7) is 3.92. The predicted molar refractivity (Wildman–Crippen MR) is 67.1 cm³/mol. The lowest BCUT2D eigenvalue weighted by Gasteiger charge is -2.04. The number of imidazole rings is 1. The van der Waals surface area contributed by atoms with Crippen LogP contribution in [-0.4, -0.2) is 15.9 Å². The highest BCUT2D eigenvalue weighted by molar-refractivity contribution is 6.03. The summed E-state index contributed by atoms with van der Waals surface area (Å²) in [4.78, 5) is 18.7. The topological polar surface area (TPSA) is 57.8 Å². The van der Waals surface area contributed by atoms with Crippen LogP contribution in [0.1, 0.15) is 28.7 Å². The minimum atomic E-state index is -0.187. The number of rotatable bonds is 3. The van der Waals surface area contributed by atoms with Crippen LogP contribution in [0.4, 0.5) is 5.69 Å². The van der Waals surface area contributed by atoms with Gasteiger partial charge in [-0.2, -0.15) is 0 Å². The van der Waals surface area contributed by atoms with E-state index in [1.54, 1.807) is 0 Å². The van der Waals surface area contributed by atoms with Crippen LogP contribution in [0.5, 0.6) is 0 Å². The minimum absolute atomic E-state index is 0.187. The average molecular weight is 229 g/mol. The van der Waals surface area contributed by atoms with E-state index >= 15 is 0 Å². The Kier molecular flexibility index (Phi) is 3.23. The zero-order valence-electron chi connectivity index (χ0n) is 9.95. The van der Waals surface area contributed by atoms with Crippen LogP contribution < -0.4 is 5.32 Å². The van der Waals surface area contributed by atoms with Crippen molar-refractivity contribution in [3.63, 3.8) is 0 Å². The predicted octanol–water partition coefficient (Wildman–Crippen LogP) is 2.53. The van der Waals surface area contributed by atoms with Gasteiger partial charge in [-0.05, 0) is 31.0 Å². The van der Waals surface area contributed by atoms with Gasteiger partial charge in [0.2, 0.25) is 0 Å². The van der Waals surface area contributed by atoms with E-state index in [4.69, 9.17) is 0 Å². The number of aromatic amines is 1. The molecule has 88 valence electrons. The molecule has 0 aliphatic carbocycles. The van der Waals surface area contributed by atoms with Crippen molar-refractivity contribution in [1.82, 2.24) is 9.97 Å². The molecule has 2 rings (SSSR count). The molecule has 1 aromatic carbocycles. The summed E-state index contributed by atoms with van der Waals surface area (Å²) in [5.41, 5.74) is 3.24. The monoisotopic (exact) mass is 229 g/mol. The lowest BCUT2D eigenvalue weighted by Crippen LogP contribution is -2.13. The molecule has 0 saturated heterocycles. The summed E-state index contributed by atoms with van der Waals surface area (Å²) in [5, 5.41) is 2.82. The fourth-order valence-corrected chi connectivity index (χ4v) is 1.60. The number of carbonyl (C=O) groups excluding carboxylic acids is 1. The number of aromatic nitrogens is 2. The zero-order chi connectivity index (χ0) is 12.3. The van der Waals surface area contributed by atoms with Crippen LogP contribution in [-0.2, 0) is 6.42 Å². The number of benzene rings is 1. The second-order valence-electron chi connectivity index (χ2n) is 3.88. The molecule has 17 heavy (non-hydrogen) atoms. The van der Waals surface area contributed by atoms with Gasteiger partial charge in [0, 0.05) is 11.4 Å². The summed E-state index contributed by atoms with van der Waals surface area (Å²) >= 11 is 0. The standard InChI is InChI=1S/C13H15N3O/c1-3-10-4-6-11(7-5-10)16-13(17)12-9(2)14-8-15-12/h4-8H,3H2,1-2H3,(H,14,15)(H,16,17). The first-order valence-corrected chi connectivity index (χ1v) is 5.61. The third-order valence-electron chi connectivity index (χ3n) is 2.67. The number of carbonyl (C=O) groups is 1. The maximum atomic E-state index is 11.9. The molecule has 4 nitrogen and oxygen atoms in total. The number of hydrogen-bond donors (Lipinski definition) is 2. The first kappa shape index (κ1) is 11.4.